The minimum atomic E-state index is -0.312. The van der Waals surface area contributed by atoms with Crippen molar-refractivity contribution >= 4 is 27.5 Å². The normalized spacial score (nSPS) is 16.5. The molecule has 1 aliphatic rings. The fourth-order valence-electron chi connectivity index (χ4n) is 2.25. The summed E-state index contributed by atoms with van der Waals surface area (Å²) in [7, 11) is 1.67. The van der Waals surface area contributed by atoms with E-state index >= 15 is 0 Å². The molecule has 3 nitrogen and oxygen atoms in total. The van der Waals surface area contributed by atoms with Gasteiger partial charge >= 0.3 is 0 Å². The van der Waals surface area contributed by atoms with Crippen LogP contribution in [0.3, 0.4) is 0 Å². The molecule has 0 N–H and O–H groups in total. The topological polar surface area (TPSA) is 38.7 Å². The number of aliphatic imine (C=N–C) groups is 1. The average molecular weight is 245 g/mol. The molecule has 0 spiro atoms. The smallest absolute Gasteiger partial charge is 0.235 e. The van der Waals surface area contributed by atoms with Gasteiger partial charge in [-0.2, -0.15) is 4.99 Å². The number of rotatable bonds is 3. The van der Waals surface area contributed by atoms with Crippen molar-refractivity contribution < 1.29 is 9.53 Å². The first-order valence-electron chi connectivity index (χ1n) is 5.44. The number of carbonyl (C=O) groups excluding carboxylic acids is 1. The first-order valence-corrected chi connectivity index (χ1v) is 6.32. The number of ether oxygens (including phenoxy) is 1. The monoisotopic (exact) mass is 245 g/mol. The van der Waals surface area contributed by atoms with Crippen LogP contribution in [0.5, 0.6) is 5.75 Å². The van der Waals surface area contributed by atoms with Crippen LogP contribution in [0.4, 0.5) is 0 Å². The van der Waals surface area contributed by atoms with Gasteiger partial charge in [-0.25, -0.2) is 4.79 Å². The van der Waals surface area contributed by atoms with Gasteiger partial charge in [-0.05, 0) is 35.9 Å². The molecule has 0 aliphatic heterocycles. The summed E-state index contributed by atoms with van der Waals surface area (Å²) in [5, 5.41) is 3.18. The first-order chi connectivity index (χ1) is 8.30. The van der Waals surface area contributed by atoms with Crippen LogP contribution in [0.2, 0.25) is 0 Å². The predicted molar refractivity (Wildman–Crippen MR) is 67.4 cm³/mol. The van der Waals surface area contributed by atoms with E-state index in [1.54, 1.807) is 24.5 Å². The molecule has 0 bridgehead atoms. The quantitative estimate of drug-likeness (QED) is 0.615. The fraction of sp³-hybridized carbons (Fsp3) is 0.308. The second kappa shape index (κ2) is 3.69. The van der Waals surface area contributed by atoms with Crippen molar-refractivity contribution in [1.82, 2.24) is 0 Å². The molecule has 2 aromatic rings. The van der Waals surface area contributed by atoms with Crippen LogP contribution in [0.1, 0.15) is 18.4 Å². The zero-order chi connectivity index (χ0) is 11.9. The Morgan fingerprint density at radius 2 is 2.24 bits per heavy atom. The number of benzene rings is 1. The lowest BCUT2D eigenvalue weighted by atomic mass is 10.0. The maximum absolute atomic E-state index is 10.5. The van der Waals surface area contributed by atoms with E-state index in [0.717, 1.165) is 34.2 Å². The Morgan fingerprint density at radius 3 is 2.88 bits per heavy atom. The van der Waals surface area contributed by atoms with Gasteiger partial charge in [0.15, 0.2) is 0 Å². The molecule has 1 aromatic carbocycles. The molecular formula is C13H11NO2S. The first kappa shape index (κ1) is 10.5. The van der Waals surface area contributed by atoms with Gasteiger partial charge in [0, 0.05) is 5.39 Å². The summed E-state index contributed by atoms with van der Waals surface area (Å²) in [6, 6.07) is 6.04. The number of hydrogen-bond donors (Lipinski definition) is 0. The summed E-state index contributed by atoms with van der Waals surface area (Å²) in [4.78, 5) is 14.5. The molecule has 0 radical (unpaired) electrons. The Kier molecular flexibility index (Phi) is 2.28. The van der Waals surface area contributed by atoms with Crippen molar-refractivity contribution in [3.8, 4) is 5.75 Å². The Hall–Kier alpha value is -1.64. The minimum absolute atomic E-state index is 0.312. The molecule has 0 amide bonds. The maximum atomic E-state index is 10.5. The van der Waals surface area contributed by atoms with Crippen LogP contribution in [0, 0.1) is 0 Å². The SMILES string of the molecule is COc1ccc(C2(N=C=O)CC2)c2ccsc12. The number of methoxy groups -OCH3 is 1. The molecule has 1 aromatic heterocycles. The lowest BCUT2D eigenvalue weighted by Gasteiger charge is -2.11. The van der Waals surface area contributed by atoms with E-state index in [2.05, 4.69) is 11.1 Å². The third-order valence-electron chi connectivity index (χ3n) is 3.29. The second-order valence-corrected chi connectivity index (χ2v) is 5.13. The third-order valence-corrected chi connectivity index (χ3v) is 4.21. The van der Waals surface area contributed by atoms with Crippen LogP contribution in [0.25, 0.3) is 10.1 Å². The van der Waals surface area contributed by atoms with Gasteiger partial charge in [0.25, 0.3) is 0 Å². The molecule has 3 rings (SSSR count). The highest BCUT2D eigenvalue weighted by molar-refractivity contribution is 7.17. The van der Waals surface area contributed by atoms with Crippen LogP contribution in [-0.4, -0.2) is 13.2 Å². The summed E-state index contributed by atoms with van der Waals surface area (Å²) in [6.07, 6.45) is 3.56. The molecule has 1 fully saturated rings. The van der Waals surface area contributed by atoms with E-state index in [1.165, 1.54) is 0 Å². The van der Waals surface area contributed by atoms with E-state index in [-0.39, 0.29) is 5.54 Å². The van der Waals surface area contributed by atoms with Gasteiger partial charge in [0.1, 0.15) is 5.75 Å². The molecule has 0 unspecified atom stereocenters. The van der Waals surface area contributed by atoms with Crippen molar-refractivity contribution in [1.29, 1.82) is 0 Å². The Bertz CT molecular complexity index is 621. The molecule has 4 heteroatoms. The number of isocyanates is 1. The standard InChI is InChI=1S/C13H11NO2S/c1-16-11-3-2-10(9-4-7-17-12(9)11)13(5-6-13)14-8-15/h2-4,7H,5-6H2,1H3. The van der Waals surface area contributed by atoms with Gasteiger partial charge in [-0.1, -0.05) is 6.07 Å². The van der Waals surface area contributed by atoms with E-state index < -0.39 is 0 Å². The number of hydrogen-bond acceptors (Lipinski definition) is 4. The molecule has 1 saturated carbocycles. The summed E-state index contributed by atoms with van der Waals surface area (Å²) in [6.45, 7) is 0. The second-order valence-electron chi connectivity index (χ2n) is 4.21. The van der Waals surface area contributed by atoms with Gasteiger partial charge < -0.3 is 4.74 Å². The van der Waals surface area contributed by atoms with Gasteiger partial charge in [0.2, 0.25) is 6.08 Å². The molecule has 1 aliphatic carbocycles. The van der Waals surface area contributed by atoms with Crippen molar-refractivity contribution in [3.63, 3.8) is 0 Å². The zero-order valence-electron chi connectivity index (χ0n) is 9.40. The lowest BCUT2D eigenvalue weighted by Crippen LogP contribution is -2.02. The molecule has 17 heavy (non-hydrogen) atoms. The highest BCUT2D eigenvalue weighted by atomic mass is 32.1. The number of nitrogens with zero attached hydrogens (tertiary/aromatic N) is 1. The third kappa shape index (κ3) is 1.49. The summed E-state index contributed by atoms with van der Waals surface area (Å²) in [5.41, 5.74) is 0.811. The number of thiophene rings is 1. The molecule has 1 heterocycles. The van der Waals surface area contributed by atoms with Crippen LogP contribution >= 0.6 is 11.3 Å². The minimum Gasteiger partial charge on any atom is -0.495 e. The zero-order valence-corrected chi connectivity index (χ0v) is 10.2. The average Bonchev–Trinajstić information content (AvgIpc) is 2.95. The summed E-state index contributed by atoms with van der Waals surface area (Å²) >= 11 is 1.65. The van der Waals surface area contributed by atoms with Gasteiger partial charge in [0.05, 0.1) is 17.3 Å². The highest BCUT2D eigenvalue weighted by Crippen LogP contribution is 2.52. The van der Waals surface area contributed by atoms with E-state index in [1.807, 2.05) is 17.5 Å². The Morgan fingerprint density at radius 1 is 1.41 bits per heavy atom. The van der Waals surface area contributed by atoms with E-state index in [4.69, 9.17) is 4.74 Å². The van der Waals surface area contributed by atoms with Crippen molar-refractivity contribution in [2.75, 3.05) is 7.11 Å². The van der Waals surface area contributed by atoms with Gasteiger partial charge in [-0.15, -0.1) is 11.3 Å². The summed E-state index contributed by atoms with van der Waals surface area (Å²) in [5.74, 6) is 0.879. The molecule has 0 atom stereocenters. The lowest BCUT2D eigenvalue weighted by molar-refractivity contribution is 0.420. The Balaban J connectivity index is 2.25. The highest BCUT2D eigenvalue weighted by Gasteiger charge is 2.46. The van der Waals surface area contributed by atoms with Gasteiger partial charge in [-0.3, -0.25) is 0 Å². The van der Waals surface area contributed by atoms with Crippen molar-refractivity contribution in [2.45, 2.75) is 18.4 Å². The van der Waals surface area contributed by atoms with E-state index in [9.17, 15) is 4.79 Å². The van der Waals surface area contributed by atoms with Crippen LogP contribution in [-0.2, 0) is 10.3 Å². The molecular weight excluding hydrogens is 234 g/mol. The maximum Gasteiger partial charge on any atom is 0.235 e. The fourth-order valence-corrected chi connectivity index (χ4v) is 3.16. The van der Waals surface area contributed by atoms with Crippen LogP contribution < -0.4 is 4.74 Å². The van der Waals surface area contributed by atoms with Crippen molar-refractivity contribution in [3.05, 3.63) is 29.1 Å². The van der Waals surface area contributed by atoms with Crippen LogP contribution in [0.15, 0.2) is 28.6 Å². The van der Waals surface area contributed by atoms with Crippen molar-refractivity contribution in [2.24, 2.45) is 4.99 Å². The summed E-state index contributed by atoms with van der Waals surface area (Å²) < 4.78 is 6.46. The molecule has 0 saturated heterocycles. The van der Waals surface area contributed by atoms with E-state index in [0.29, 0.717) is 0 Å². The number of fused-ring (bicyclic) bond motifs is 1. The largest absolute Gasteiger partial charge is 0.495 e. The predicted octanol–water partition coefficient (Wildman–Crippen LogP) is 3.23. The Labute approximate surface area is 103 Å². The molecule has 86 valence electrons.